The molecule has 0 saturated carbocycles. The number of pyridine rings is 1. The van der Waals surface area contributed by atoms with Crippen LogP contribution in [0.3, 0.4) is 0 Å². The highest BCUT2D eigenvalue weighted by Gasteiger charge is 2.16. The zero-order chi connectivity index (χ0) is 20.7. The van der Waals surface area contributed by atoms with Crippen molar-refractivity contribution in [2.75, 3.05) is 6.54 Å². The SMILES string of the molecule is CCCCCCCN1C(C)=CSC1=CC=Cc1cccc[n+]1CCCCCCC. The average molecular weight is 414 g/mol. The Hall–Kier alpha value is -1.48. The Kier molecular flexibility index (Phi) is 11.9. The Bertz CT molecular complexity index is 675. The molecule has 0 spiro atoms. The van der Waals surface area contributed by atoms with Crippen molar-refractivity contribution >= 4 is 17.8 Å². The summed E-state index contributed by atoms with van der Waals surface area (Å²) in [5, 5.41) is 3.64. The summed E-state index contributed by atoms with van der Waals surface area (Å²) in [6.07, 6.45) is 22.3. The van der Waals surface area contributed by atoms with Crippen LogP contribution in [0, 0.1) is 0 Å². The molecule has 0 amide bonds. The molecule has 160 valence electrons. The van der Waals surface area contributed by atoms with E-state index < -0.39 is 0 Å². The van der Waals surface area contributed by atoms with Gasteiger partial charge in [-0.3, -0.25) is 0 Å². The van der Waals surface area contributed by atoms with E-state index in [9.17, 15) is 0 Å². The fourth-order valence-electron chi connectivity index (χ4n) is 3.70. The molecule has 0 radical (unpaired) electrons. The van der Waals surface area contributed by atoms with Crippen molar-refractivity contribution in [2.24, 2.45) is 0 Å². The lowest BCUT2D eigenvalue weighted by Crippen LogP contribution is -2.36. The first kappa shape index (κ1) is 23.8. The second-order valence-electron chi connectivity index (χ2n) is 8.04. The minimum absolute atomic E-state index is 1.11. The molecular formula is C26H41N2S+. The number of unbranched alkanes of at least 4 members (excludes halogenated alkanes) is 8. The quantitative estimate of drug-likeness (QED) is 0.228. The number of nitrogens with zero attached hydrogens (tertiary/aromatic N) is 2. The fraction of sp³-hybridized carbons (Fsp3) is 0.577. The predicted octanol–water partition coefficient (Wildman–Crippen LogP) is 7.68. The smallest absolute Gasteiger partial charge is 0.205 e. The molecule has 0 aliphatic carbocycles. The number of rotatable bonds is 14. The molecule has 1 aromatic heterocycles. The zero-order valence-corrected chi connectivity index (χ0v) is 19.7. The van der Waals surface area contributed by atoms with E-state index in [1.807, 2.05) is 11.8 Å². The first-order valence-corrected chi connectivity index (χ1v) is 12.6. The van der Waals surface area contributed by atoms with E-state index in [1.165, 1.54) is 80.6 Å². The molecule has 0 atom stereocenters. The number of hydrogen-bond acceptors (Lipinski definition) is 2. The van der Waals surface area contributed by atoms with Crippen LogP contribution >= 0.6 is 11.8 Å². The maximum atomic E-state index is 2.48. The van der Waals surface area contributed by atoms with Crippen LogP contribution < -0.4 is 4.57 Å². The molecule has 2 heterocycles. The molecule has 1 aliphatic heterocycles. The Morgan fingerprint density at radius 3 is 2.41 bits per heavy atom. The number of hydrogen-bond donors (Lipinski definition) is 0. The van der Waals surface area contributed by atoms with Crippen molar-refractivity contribution in [2.45, 2.75) is 91.5 Å². The normalized spacial score (nSPS) is 15.6. The standard InChI is InChI=1S/C26H41N2S/c1-4-6-8-10-13-20-27-21-15-12-17-25(27)18-16-19-26-28(24(3)23-29-26)22-14-11-9-7-5-2/h12,15-19,21,23H,4-11,13-14,20,22H2,1-3H3/q+1. The Labute approximate surface area is 183 Å². The maximum absolute atomic E-state index is 2.48. The highest BCUT2D eigenvalue weighted by molar-refractivity contribution is 8.06. The number of aromatic nitrogens is 1. The lowest BCUT2D eigenvalue weighted by Gasteiger charge is -2.21. The van der Waals surface area contributed by atoms with E-state index in [4.69, 9.17) is 0 Å². The third-order valence-electron chi connectivity index (χ3n) is 5.51. The van der Waals surface area contributed by atoms with Crippen molar-refractivity contribution in [3.8, 4) is 0 Å². The van der Waals surface area contributed by atoms with Gasteiger partial charge in [-0.2, -0.15) is 4.57 Å². The van der Waals surface area contributed by atoms with Crippen LogP contribution in [-0.2, 0) is 6.54 Å². The molecule has 0 unspecified atom stereocenters. The molecule has 2 nitrogen and oxygen atoms in total. The lowest BCUT2D eigenvalue weighted by atomic mass is 10.1. The van der Waals surface area contributed by atoms with Crippen LogP contribution in [0.25, 0.3) is 6.08 Å². The number of allylic oxidation sites excluding steroid dienone is 3. The average Bonchev–Trinajstić information content (AvgIpc) is 3.08. The molecule has 1 aliphatic rings. The highest BCUT2D eigenvalue weighted by atomic mass is 32.2. The summed E-state index contributed by atoms with van der Waals surface area (Å²) in [5.74, 6) is 0. The van der Waals surface area contributed by atoms with Gasteiger partial charge in [-0.15, -0.1) is 0 Å². The summed E-state index contributed by atoms with van der Waals surface area (Å²) in [4.78, 5) is 2.48. The van der Waals surface area contributed by atoms with Gasteiger partial charge in [0.25, 0.3) is 0 Å². The van der Waals surface area contributed by atoms with Crippen LogP contribution in [-0.4, -0.2) is 11.4 Å². The molecule has 29 heavy (non-hydrogen) atoms. The third-order valence-corrected chi connectivity index (χ3v) is 6.57. The van der Waals surface area contributed by atoms with Crippen LogP contribution in [0.2, 0.25) is 0 Å². The van der Waals surface area contributed by atoms with Crippen molar-refractivity contribution in [3.05, 3.63) is 58.4 Å². The molecule has 0 fully saturated rings. The molecule has 0 bridgehead atoms. The molecule has 1 aromatic rings. The Morgan fingerprint density at radius 1 is 0.931 bits per heavy atom. The Morgan fingerprint density at radius 2 is 1.66 bits per heavy atom. The van der Waals surface area contributed by atoms with Gasteiger partial charge in [-0.05, 0) is 37.3 Å². The van der Waals surface area contributed by atoms with Crippen LogP contribution in [0.15, 0.2) is 52.7 Å². The molecule has 0 aromatic carbocycles. The van der Waals surface area contributed by atoms with E-state index in [0.29, 0.717) is 0 Å². The fourth-order valence-corrected chi connectivity index (χ4v) is 4.63. The minimum Gasteiger partial charge on any atom is -0.339 e. The van der Waals surface area contributed by atoms with Gasteiger partial charge in [0.05, 0.1) is 5.03 Å². The monoisotopic (exact) mass is 413 g/mol. The summed E-state index contributed by atoms with van der Waals surface area (Å²) in [5.41, 5.74) is 2.67. The van der Waals surface area contributed by atoms with Crippen molar-refractivity contribution in [1.29, 1.82) is 0 Å². The zero-order valence-electron chi connectivity index (χ0n) is 18.9. The second kappa shape index (κ2) is 14.5. The summed E-state index contributed by atoms with van der Waals surface area (Å²) in [7, 11) is 0. The molecule has 2 rings (SSSR count). The van der Waals surface area contributed by atoms with E-state index in [0.717, 1.165) is 13.1 Å². The minimum atomic E-state index is 1.11. The first-order valence-electron chi connectivity index (χ1n) is 11.7. The van der Waals surface area contributed by atoms with Gasteiger partial charge >= 0.3 is 0 Å². The van der Waals surface area contributed by atoms with Crippen LogP contribution in [0.5, 0.6) is 0 Å². The molecular weight excluding hydrogens is 372 g/mol. The van der Waals surface area contributed by atoms with Crippen LogP contribution in [0.1, 0.15) is 90.7 Å². The van der Waals surface area contributed by atoms with Crippen molar-refractivity contribution < 1.29 is 4.57 Å². The molecule has 3 heteroatoms. The van der Waals surface area contributed by atoms with Gasteiger partial charge in [-0.25, -0.2) is 0 Å². The third kappa shape index (κ3) is 8.82. The van der Waals surface area contributed by atoms with E-state index in [-0.39, 0.29) is 0 Å². The first-order chi connectivity index (χ1) is 14.3. The van der Waals surface area contributed by atoms with Gasteiger partial charge in [0.15, 0.2) is 6.20 Å². The van der Waals surface area contributed by atoms with Crippen LogP contribution in [0.4, 0.5) is 0 Å². The molecule has 0 saturated heterocycles. The van der Waals surface area contributed by atoms with E-state index in [2.05, 4.69) is 78.3 Å². The molecule has 0 N–H and O–H groups in total. The van der Waals surface area contributed by atoms with Gasteiger partial charge in [0, 0.05) is 36.9 Å². The van der Waals surface area contributed by atoms with E-state index >= 15 is 0 Å². The summed E-state index contributed by atoms with van der Waals surface area (Å²) < 4.78 is 2.39. The van der Waals surface area contributed by atoms with Gasteiger partial charge < -0.3 is 4.90 Å². The summed E-state index contributed by atoms with van der Waals surface area (Å²) in [6.45, 7) is 9.03. The van der Waals surface area contributed by atoms with Gasteiger partial charge in [0.2, 0.25) is 5.69 Å². The number of aryl methyl sites for hydroxylation is 1. The van der Waals surface area contributed by atoms with Crippen molar-refractivity contribution in [1.82, 2.24) is 4.90 Å². The predicted molar refractivity (Wildman–Crippen MR) is 129 cm³/mol. The number of thioether (sulfide) groups is 1. The second-order valence-corrected chi connectivity index (χ2v) is 8.93. The van der Waals surface area contributed by atoms with Crippen molar-refractivity contribution in [3.63, 3.8) is 0 Å². The largest absolute Gasteiger partial charge is 0.339 e. The summed E-state index contributed by atoms with van der Waals surface area (Å²) >= 11 is 1.85. The lowest BCUT2D eigenvalue weighted by molar-refractivity contribution is -0.699. The summed E-state index contributed by atoms with van der Waals surface area (Å²) in [6, 6.07) is 6.50. The van der Waals surface area contributed by atoms with Gasteiger partial charge in [0.1, 0.15) is 6.54 Å². The Balaban J connectivity index is 1.89. The van der Waals surface area contributed by atoms with Gasteiger partial charge in [-0.1, -0.05) is 76.6 Å². The topological polar surface area (TPSA) is 7.12 Å². The highest BCUT2D eigenvalue weighted by Crippen LogP contribution is 2.34. The van der Waals surface area contributed by atoms with E-state index in [1.54, 1.807) is 0 Å². The maximum Gasteiger partial charge on any atom is 0.205 e.